The monoisotopic (exact) mass is 223 g/mol. The highest BCUT2D eigenvalue weighted by atomic mass is 16.6. The Morgan fingerprint density at radius 2 is 2.19 bits per heavy atom. The van der Waals surface area contributed by atoms with Crippen LogP contribution in [-0.2, 0) is 4.74 Å². The van der Waals surface area contributed by atoms with Crippen molar-refractivity contribution in [2.75, 3.05) is 13.1 Å². The maximum absolute atomic E-state index is 11.2. The van der Waals surface area contributed by atoms with Crippen molar-refractivity contribution in [2.24, 2.45) is 0 Å². The van der Waals surface area contributed by atoms with Gasteiger partial charge in [0.1, 0.15) is 11.6 Å². The summed E-state index contributed by atoms with van der Waals surface area (Å²) in [7, 11) is 0. The summed E-state index contributed by atoms with van der Waals surface area (Å²) in [6.45, 7) is 5.75. The number of carbonyl (C=O) groups is 1. The van der Waals surface area contributed by atoms with Crippen LogP contribution in [0.25, 0.3) is 0 Å². The van der Waals surface area contributed by atoms with Gasteiger partial charge in [0.15, 0.2) is 0 Å². The zero-order chi connectivity index (χ0) is 12.6. The first-order valence-electron chi connectivity index (χ1n) is 4.92. The Labute approximate surface area is 96.2 Å². The molecular weight excluding hydrogens is 206 g/mol. The van der Waals surface area contributed by atoms with Gasteiger partial charge < -0.3 is 10.1 Å². The van der Waals surface area contributed by atoms with Gasteiger partial charge in [0.2, 0.25) is 0 Å². The number of hydrogen-bond acceptors (Lipinski definition) is 4. The fraction of sp³-hybridized carbons (Fsp3) is 0.636. The molecule has 0 aliphatic rings. The largest absolute Gasteiger partial charge is 0.444 e. The highest BCUT2D eigenvalue weighted by molar-refractivity contribution is 5.67. The molecule has 88 valence electrons. The van der Waals surface area contributed by atoms with Gasteiger partial charge in [0.25, 0.3) is 0 Å². The van der Waals surface area contributed by atoms with Gasteiger partial charge in [-0.2, -0.15) is 5.26 Å². The maximum atomic E-state index is 11.2. The number of nitriles is 1. The average Bonchev–Trinajstić information content (AvgIpc) is 2.15. The number of carbonyl (C=O) groups excluding carboxylic acids is 1. The molecule has 2 N–H and O–H groups in total. The number of hydrogen-bond donors (Lipinski definition) is 2. The Bertz CT molecular complexity index is 307. The summed E-state index contributed by atoms with van der Waals surface area (Å²) >= 11 is 0. The number of ether oxygens (including phenoxy) is 1. The van der Waals surface area contributed by atoms with Crippen molar-refractivity contribution < 1.29 is 9.53 Å². The molecule has 16 heavy (non-hydrogen) atoms. The Kier molecular flexibility index (Phi) is 5.99. The molecule has 0 aromatic carbocycles. The van der Waals surface area contributed by atoms with Gasteiger partial charge in [-0.25, -0.2) is 4.79 Å². The third kappa shape index (κ3) is 7.66. The minimum absolute atomic E-state index is 0.160. The molecular formula is C11H17N3O2. The molecule has 0 aromatic rings. The molecule has 0 saturated heterocycles. The second-order valence-electron chi connectivity index (χ2n) is 4.15. The van der Waals surface area contributed by atoms with Gasteiger partial charge in [0, 0.05) is 6.54 Å². The van der Waals surface area contributed by atoms with Crippen LogP contribution in [0.2, 0.25) is 0 Å². The van der Waals surface area contributed by atoms with Crippen molar-refractivity contribution >= 4 is 6.09 Å². The van der Waals surface area contributed by atoms with Crippen molar-refractivity contribution in [1.82, 2.24) is 10.6 Å². The molecule has 1 atom stereocenters. The van der Waals surface area contributed by atoms with E-state index in [1.165, 1.54) is 0 Å². The minimum Gasteiger partial charge on any atom is -0.444 e. The molecule has 0 radical (unpaired) electrons. The van der Waals surface area contributed by atoms with E-state index in [0.29, 0.717) is 0 Å². The summed E-state index contributed by atoms with van der Waals surface area (Å²) < 4.78 is 5.01. The zero-order valence-corrected chi connectivity index (χ0v) is 9.83. The van der Waals surface area contributed by atoms with Gasteiger partial charge in [-0.1, -0.05) is 5.92 Å². The molecule has 0 rings (SSSR count). The van der Waals surface area contributed by atoms with Crippen molar-refractivity contribution in [3.63, 3.8) is 0 Å². The number of nitrogens with zero attached hydrogens (tertiary/aromatic N) is 1. The van der Waals surface area contributed by atoms with Gasteiger partial charge >= 0.3 is 6.09 Å². The fourth-order valence-corrected chi connectivity index (χ4v) is 0.845. The van der Waals surface area contributed by atoms with Crippen LogP contribution < -0.4 is 10.6 Å². The van der Waals surface area contributed by atoms with Crippen LogP contribution >= 0.6 is 0 Å². The first-order chi connectivity index (χ1) is 7.39. The van der Waals surface area contributed by atoms with Crippen molar-refractivity contribution in [3.05, 3.63) is 0 Å². The predicted octanol–water partition coefficient (Wildman–Crippen LogP) is 0.626. The molecule has 0 aliphatic heterocycles. The first kappa shape index (κ1) is 14.3. The lowest BCUT2D eigenvalue weighted by molar-refractivity contribution is 0.0525. The van der Waals surface area contributed by atoms with Crippen LogP contribution in [0.15, 0.2) is 0 Å². The van der Waals surface area contributed by atoms with E-state index >= 15 is 0 Å². The van der Waals surface area contributed by atoms with E-state index in [2.05, 4.69) is 16.6 Å². The van der Waals surface area contributed by atoms with Crippen molar-refractivity contribution in [2.45, 2.75) is 32.4 Å². The molecule has 5 heteroatoms. The standard InChI is InChI=1S/C11H17N3O2/c1-5-6-13-9(7-12)8-14-10(15)16-11(2,3)4/h1,9,13H,6,8H2,2-4H3,(H,14,15). The van der Waals surface area contributed by atoms with Gasteiger partial charge in [-0.15, -0.1) is 6.42 Å². The number of rotatable bonds is 4. The smallest absolute Gasteiger partial charge is 0.407 e. The molecule has 0 heterocycles. The number of amides is 1. The second kappa shape index (κ2) is 6.71. The van der Waals surface area contributed by atoms with E-state index in [9.17, 15) is 4.79 Å². The van der Waals surface area contributed by atoms with Crippen LogP contribution in [0, 0.1) is 23.7 Å². The Balaban J connectivity index is 3.91. The lowest BCUT2D eigenvalue weighted by atomic mass is 10.2. The quantitative estimate of drug-likeness (QED) is 0.685. The molecule has 0 saturated carbocycles. The summed E-state index contributed by atoms with van der Waals surface area (Å²) in [6, 6.07) is 1.47. The average molecular weight is 223 g/mol. The maximum Gasteiger partial charge on any atom is 0.407 e. The summed E-state index contributed by atoms with van der Waals surface area (Å²) in [5.41, 5.74) is -0.543. The SMILES string of the molecule is C#CCNC(C#N)CNC(=O)OC(C)(C)C. The molecule has 0 aromatic heterocycles. The fourth-order valence-electron chi connectivity index (χ4n) is 0.845. The van der Waals surface area contributed by atoms with E-state index in [4.69, 9.17) is 16.4 Å². The first-order valence-corrected chi connectivity index (χ1v) is 4.92. The number of terminal acetylenes is 1. The Morgan fingerprint density at radius 1 is 1.56 bits per heavy atom. The highest BCUT2D eigenvalue weighted by Gasteiger charge is 2.16. The molecule has 0 spiro atoms. The highest BCUT2D eigenvalue weighted by Crippen LogP contribution is 2.06. The molecule has 0 bridgehead atoms. The predicted molar refractivity (Wildman–Crippen MR) is 60.5 cm³/mol. The lowest BCUT2D eigenvalue weighted by Gasteiger charge is -2.20. The zero-order valence-electron chi connectivity index (χ0n) is 9.83. The van der Waals surface area contributed by atoms with Gasteiger partial charge in [0.05, 0.1) is 12.6 Å². The van der Waals surface area contributed by atoms with Gasteiger partial charge in [-0.3, -0.25) is 5.32 Å². The van der Waals surface area contributed by atoms with Crippen LogP contribution in [0.4, 0.5) is 4.79 Å². The lowest BCUT2D eigenvalue weighted by Crippen LogP contribution is -2.42. The molecule has 1 unspecified atom stereocenters. The summed E-state index contributed by atoms with van der Waals surface area (Å²) in [5, 5.41) is 14.0. The van der Waals surface area contributed by atoms with Crippen LogP contribution in [-0.4, -0.2) is 30.8 Å². The topological polar surface area (TPSA) is 74.2 Å². The Hall–Kier alpha value is -1.72. The van der Waals surface area contributed by atoms with Crippen LogP contribution in [0.1, 0.15) is 20.8 Å². The normalized spacial score (nSPS) is 12.1. The second-order valence-corrected chi connectivity index (χ2v) is 4.15. The van der Waals surface area contributed by atoms with E-state index in [0.717, 1.165) is 0 Å². The Morgan fingerprint density at radius 3 is 2.62 bits per heavy atom. The van der Waals surface area contributed by atoms with E-state index < -0.39 is 17.7 Å². The van der Waals surface area contributed by atoms with E-state index in [1.807, 2.05) is 6.07 Å². The number of alkyl carbamates (subject to hydrolysis) is 1. The third-order valence-corrected chi connectivity index (χ3v) is 1.46. The van der Waals surface area contributed by atoms with E-state index in [-0.39, 0.29) is 13.1 Å². The third-order valence-electron chi connectivity index (χ3n) is 1.46. The number of nitrogens with one attached hydrogen (secondary N) is 2. The summed E-state index contributed by atoms with van der Waals surface area (Å²) in [4.78, 5) is 11.2. The molecule has 0 fully saturated rings. The molecule has 0 aliphatic carbocycles. The van der Waals surface area contributed by atoms with Crippen LogP contribution in [0.5, 0.6) is 0 Å². The molecule has 5 nitrogen and oxygen atoms in total. The summed E-state index contributed by atoms with van der Waals surface area (Å²) in [6.07, 6.45) is 4.49. The van der Waals surface area contributed by atoms with Crippen molar-refractivity contribution in [3.8, 4) is 18.4 Å². The summed E-state index contributed by atoms with van der Waals surface area (Å²) in [5.74, 6) is 2.35. The van der Waals surface area contributed by atoms with Gasteiger partial charge in [-0.05, 0) is 20.8 Å². The van der Waals surface area contributed by atoms with Crippen molar-refractivity contribution in [1.29, 1.82) is 5.26 Å². The minimum atomic E-state index is -0.546. The van der Waals surface area contributed by atoms with Crippen LogP contribution in [0.3, 0.4) is 0 Å². The van der Waals surface area contributed by atoms with E-state index in [1.54, 1.807) is 20.8 Å². The molecule has 1 amide bonds.